The topological polar surface area (TPSA) is 54.0 Å². The van der Waals surface area contributed by atoms with Gasteiger partial charge in [-0.2, -0.15) is 13.2 Å². The molecule has 2 rings (SSSR count). The molecular formula is C11H12F3N3O. The smallest absolute Gasteiger partial charge is 0.387 e. The molecule has 7 heteroatoms. The van der Waals surface area contributed by atoms with Gasteiger partial charge in [-0.3, -0.25) is 9.78 Å². The zero-order valence-corrected chi connectivity index (χ0v) is 9.64. The predicted octanol–water partition coefficient (Wildman–Crippen LogP) is 1.95. The first-order valence-corrected chi connectivity index (χ1v) is 5.41. The molecule has 1 fully saturated rings. The van der Waals surface area contributed by atoms with Crippen molar-refractivity contribution < 1.29 is 18.0 Å². The van der Waals surface area contributed by atoms with Gasteiger partial charge in [-0.25, -0.2) is 0 Å². The number of carbonyl (C=O) groups is 1. The van der Waals surface area contributed by atoms with Gasteiger partial charge in [-0.15, -0.1) is 0 Å². The van der Waals surface area contributed by atoms with E-state index in [9.17, 15) is 18.0 Å². The Morgan fingerprint density at radius 2 is 2.11 bits per heavy atom. The Labute approximate surface area is 102 Å². The van der Waals surface area contributed by atoms with E-state index in [0.717, 1.165) is 0 Å². The van der Waals surface area contributed by atoms with Gasteiger partial charge < -0.3 is 10.6 Å². The number of nitrogens with zero attached hydrogens (tertiary/aromatic N) is 1. The molecule has 98 valence electrons. The summed E-state index contributed by atoms with van der Waals surface area (Å²) in [4.78, 5) is 15.6. The van der Waals surface area contributed by atoms with Gasteiger partial charge >= 0.3 is 6.18 Å². The average Bonchev–Trinajstić information content (AvgIpc) is 3.09. The van der Waals surface area contributed by atoms with Crippen molar-refractivity contribution in [1.29, 1.82) is 0 Å². The second-order valence-corrected chi connectivity index (χ2v) is 4.21. The van der Waals surface area contributed by atoms with Gasteiger partial charge in [0.05, 0.1) is 5.56 Å². The van der Waals surface area contributed by atoms with Crippen LogP contribution in [-0.2, 0) is 0 Å². The lowest BCUT2D eigenvalue weighted by molar-refractivity contribution is -0.163. The third kappa shape index (κ3) is 2.12. The van der Waals surface area contributed by atoms with Gasteiger partial charge in [0, 0.05) is 25.1 Å². The zero-order chi connectivity index (χ0) is 13.4. The van der Waals surface area contributed by atoms with Crippen LogP contribution in [0.2, 0.25) is 0 Å². The highest BCUT2D eigenvalue weighted by molar-refractivity contribution is 5.99. The molecule has 1 aliphatic rings. The molecule has 0 radical (unpaired) electrons. The predicted molar refractivity (Wildman–Crippen MR) is 59.3 cm³/mol. The number of hydrogen-bond donors (Lipinski definition) is 2. The highest BCUT2D eigenvalue weighted by atomic mass is 19.4. The highest BCUT2D eigenvalue weighted by Gasteiger charge is 2.64. The maximum atomic E-state index is 12.7. The molecular weight excluding hydrogens is 247 g/mol. The van der Waals surface area contributed by atoms with Gasteiger partial charge in [-0.1, -0.05) is 0 Å². The molecule has 1 aromatic heterocycles. The first kappa shape index (κ1) is 12.7. The normalized spacial score (nSPS) is 17.1. The minimum atomic E-state index is -4.41. The van der Waals surface area contributed by atoms with Crippen LogP contribution in [0.5, 0.6) is 0 Å². The van der Waals surface area contributed by atoms with Crippen molar-refractivity contribution in [2.75, 3.05) is 12.4 Å². The Bertz CT molecular complexity index is 469. The Hall–Kier alpha value is -1.79. The molecule has 2 N–H and O–H groups in total. The number of amides is 1. The fraction of sp³-hybridized carbons (Fsp3) is 0.455. The Balaban J connectivity index is 2.19. The molecule has 1 aromatic rings. The summed E-state index contributed by atoms with van der Waals surface area (Å²) in [5.41, 5.74) is -1.50. The van der Waals surface area contributed by atoms with E-state index in [4.69, 9.17) is 0 Å². The third-order valence-corrected chi connectivity index (χ3v) is 2.98. The van der Waals surface area contributed by atoms with Crippen molar-refractivity contribution in [2.24, 2.45) is 0 Å². The summed E-state index contributed by atoms with van der Waals surface area (Å²) in [6, 6.07) is 1.53. The van der Waals surface area contributed by atoms with Crippen LogP contribution in [0.25, 0.3) is 0 Å². The summed E-state index contributed by atoms with van der Waals surface area (Å²) >= 11 is 0. The number of anilines is 1. The van der Waals surface area contributed by atoms with Crippen molar-refractivity contribution in [3.8, 4) is 0 Å². The van der Waals surface area contributed by atoms with E-state index in [0.29, 0.717) is 5.69 Å². The largest absolute Gasteiger partial charge is 0.411 e. The summed E-state index contributed by atoms with van der Waals surface area (Å²) in [7, 11) is 1.59. The number of nitrogens with one attached hydrogen (secondary N) is 2. The highest BCUT2D eigenvalue weighted by Crippen LogP contribution is 2.49. The Kier molecular flexibility index (Phi) is 2.92. The number of alkyl halides is 3. The lowest BCUT2D eigenvalue weighted by Crippen LogP contribution is -2.48. The van der Waals surface area contributed by atoms with E-state index in [1.54, 1.807) is 7.05 Å². The van der Waals surface area contributed by atoms with Crippen LogP contribution < -0.4 is 10.6 Å². The summed E-state index contributed by atoms with van der Waals surface area (Å²) in [6.45, 7) is 0. The Morgan fingerprint density at radius 1 is 1.44 bits per heavy atom. The number of rotatable bonds is 3. The van der Waals surface area contributed by atoms with Gasteiger partial charge in [0.2, 0.25) is 0 Å². The maximum Gasteiger partial charge on any atom is 0.411 e. The van der Waals surface area contributed by atoms with Crippen molar-refractivity contribution in [3.05, 3.63) is 24.0 Å². The SMILES string of the molecule is CNc1ccncc1C(=O)NC1(C(F)(F)F)CC1. The van der Waals surface area contributed by atoms with Crippen molar-refractivity contribution in [2.45, 2.75) is 24.6 Å². The molecule has 1 heterocycles. The van der Waals surface area contributed by atoms with Gasteiger partial charge in [0.1, 0.15) is 5.54 Å². The fourth-order valence-corrected chi connectivity index (χ4v) is 1.68. The van der Waals surface area contributed by atoms with Gasteiger partial charge in [0.25, 0.3) is 5.91 Å². The second kappa shape index (κ2) is 4.15. The van der Waals surface area contributed by atoms with Crippen LogP contribution in [0.1, 0.15) is 23.2 Å². The number of aromatic nitrogens is 1. The molecule has 1 saturated carbocycles. The van der Waals surface area contributed by atoms with Gasteiger partial charge in [-0.05, 0) is 18.9 Å². The molecule has 0 atom stereocenters. The molecule has 1 aliphatic carbocycles. The van der Waals surface area contributed by atoms with Crippen LogP contribution in [0.3, 0.4) is 0 Å². The van der Waals surface area contributed by atoms with E-state index >= 15 is 0 Å². The van der Waals surface area contributed by atoms with E-state index in [1.165, 1.54) is 18.5 Å². The van der Waals surface area contributed by atoms with Crippen LogP contribution in [0.15, 0.2) is 18.5 Å². The van der Waals surface area contributed by atoms with Crippen molar-refractivity contribution in [3.63, 3.8) is 0 Å². The molecule has 0 bridgehead atoms. The fourth-order valence-electron chi connectivity index (χ4n) is 1.68. The van der Waals surface area contributed by atoms with E-state index in [-0.39, 0.29) is 18.4 Å². The third-order valence-electron chi connectivity index (χ3n) is 2.98. The summed E-state index contributed by atoms with van der Waals surface area (Å²) in [6.07, 6.45) is -1.85. The van der Waals surface area contributed by atoms with E-state index in [2.05, 4.69) is 15.6 Å². The van der Waals surface area contributed by atoms with Crippen LogP contribution in [0, 0.1) is 0 Å². The lowest BCUT2D eigenvalue weighted by atomic mass is 10.2. The quantitative estimate of drug-likeness (QED) is 0.872. The molecule has 0 saturated heterocycles. The molecule has 0 spiro atoms. The number of pyridine rings is 1. The lowest BCUT2D eigenvalue weighted by Gasteiger charge is -2.21. The van der Waals surface area contributed by atoms with Crippen LogP contribution in [-0.4, -0.2) is 29.7 Å². The molecule has 0 aliphatic heterocycles. The summed E-state index contributed by atoms with van der Waals surface area (Å²) < 4.78 is 38.1. The van der Waals surface area contributed by atoms with Crippen LogP contribution in [0.4, 0.5) is 18.9 Å². The number of hydrogen-bond acceptors (Lipinski definition) is 3. The van der Waals surface area contributed by atoms with Crippen LogP contribution >= 0.6 is 0 Å². The van der Waals surface area contributed by atoms with E-state index in [1.807, 2.05) is 0 Å². The average molecular weight is 259 g/mol. The molecule has 18 heavy (non-hydrogen) atoms. The first-order chi connectivity index (χ1) is 8.39. The molecule has 0 aromatic carbocycles. The Morgan fingerprint density at radius 3 is 2.61 bits per heavy atom. The zero-order valence-electron chi connectivity index (χ0n) is 9.64. The van der Waals surface area contributed by atoms with Crippen molar-refractivity contribution in [1.82, 2.24) is 10.3 Å². The minimum absolute atomic E-state index is 0.0720. The van der Waals surface area contributed by atoms with Crippen molar-refractivity contribution >= 4 is 11.6 Å². The monoisotopic (exact) mass is 259 g/mol. The van der Waals surface area contributed by atoms with Gasteiger partial charge in [0.15, 0.2) is 0 Å². The summed E-state index contributed by atoms with van der Waals surface area (Å²) in [5.74, 6) is -0.762. The standard InChI is InChI=1S/C11H12F3N3O/c1-15-8-2-5-16-6-7(8)9(18)17-10(3-4-10)11(12,13)14/h2,5-6H,3-4H2,1H3,(H,15,16)(H,17,18). The molecule has 4 nitrogen and oxygen atoms in total. The first-order valence-electron chi connectivity index (χ1n) is 5.41. The minimum Gasteiger partial charge on any atom is -0.387 e. The number of halogens is 3. The second-order valence-electron chi connectivity index (χ2n) is 4.21. The number of carbonyl (C=O) groups excluding carboxylic acids is 1. The summed E-state index contributed by atoms with van der Waals surface area (Å²) in [5, 5.41) is 4.79. The van der Waals surface area contributed by atoms with E-state index < -0.39 is 17.6 Å². The maximum absolute atomic E-state index is 12.7. The molecule has 0 unspecified atom stereocenters. The molecule has 1 amide bonds.